The number of hydrogen-bond acceptors (Lipinski definition) is 4. The molecule has 1 saturated carbocycles. The van der Waals surface area contributed by atoms with Crippen LogP contribution in [0, 0.1) is 0 Å². The summed E-state index contributed by atoms with van der Waals surface area (Å²) in [6, 6.07) is 5.60. The van der Waals surface area contributed by atoms with Crippen molar-refractivity contribution >= 4 is 11.8 Å². The van der Waals surface area contributed by atoms with Crippen molar-refractivity contribution in [3.8, 4) is 11.5 Å². The summed E-state index contributed by atoms with van der Waals surface area (Å²) in [5.41, 5.74) is 0.872. The molecule has 1 fully saturated rings. The number of hydrogen-bond donors (Lipinski definition) is 2. The molecule has 6 heteroatoms. The molecule has 0 radical (unpaired) electrons. The molecule has 0 bridgehead atoms. The normalized spacial score (nSPS) is 18.6. The van der Waals surface area contributed by atoms with E-state index in [0.717, 1.165) is 31.2 Å². The zero-order valence-corrected chi connectivity index (χ0v) is 16.6. The van der Waals surface area contributed by atoms with Gasteiger partial charge in [0.1, 0.15) is 0 Å². The van der Waals surface area contributed by atoms with Crippen molar-refractivity contribution < 1.29 is 19.1 Å². The van der Waals surface area contributed by atoms with E-state index in [2.05, 4.69) is 10.6 Å². The summed E-state index contributed by atoms with van der Waals surface area (Å²) in [6.07, 6.45) is 13.1. The predicted molar refractivity (Wildman–Crippen MR) is 107 cm³/mol. The maximum absolute atomic E-state index is 12.3. The van der Waals surface area contributed by atoms with Gasteiger partial charge < -0.3 is 20.1 Å². The zero-order valence-electron chi connectivity index (χ0n) is 16.6. The molecule has 2 amide bonds. The lowest BCUT2D eigenvalue weighted by Crippen LogP contribution is -2.44. The van der Waals surface area contributed by atoms with Gasteiger partial charge in [0, 0.05) is 12.6 Å². The number of rotatable bonds is 3. The minimum Gasteiger partial charge on any atom is -0.454 e. The highest BCUT2D eigenvalue weighted by Gasteiger charge is 2.19. The van der Waals surface area contributed by atoms with E-state index in [0.29, 0.717) is 11.5 Å². The van der Waals surface area contributed by atoms with Gasteiger partial charge in [-0.2, -0.15) is 0 Å². The number of amides is 2. The molecule has 28 heavy (non-hydrogen) atoms. The smallest absolute Gasteiger partial charge is 0.309 e. The fraction of sp³-hybridized carbons (Fsp3) is 0.636. The lowest BCUT2D eigenvalue weighted by atomic mass is 9.98. The van der Waals surface area contributed by atoms with E-state index in [1.165, 1.54) is 44.9 Å². The number of ether oxygens (including phenoxy) is 2. The molecule has 0 saturated heterocycles. The van der Waals surface area contributed by atoms with Gasteiger partial charge in [-0.15, -0.1) is 0 Å². The highest BCUT2D eigenvalue weighted by atomic mass is 16.7. The molecule has 0 atom stereocenters. The van der Waals surface area contributed by atoms with E-state index in [1.54, 1.807) is 0 Å². The van der Waals surface area contributed by atoms with Crippen molar-refractivity contribution in [2.24, 2.45) is 0 Å². The molecule has 0 aromatic heterocycles. The van der Waals surface area contributed by atoms with E-state index < -0.39 is 11.8 Å². The molecular weight excluding hydrogens is 356 g/mol. The van der Waals surface area contributed by atoms with Crippen molar-refractivity contribution in [3.05, 3.63) is 23.8 Å². The molecule has 2 N–H and O–H groups in total. The number of benzene rings is 1. The Morgan fingerprint density at radius 1 is 0.821 bits per heavy atom. The average Bonchev–Trinajstić information content (AvgIpc) is 3.16. The fourth-order valence-corrected chi connectivity index (χ4v) is 3.87. The summed E-state index contributed by atoms with van der Waals surface area (Å²) in [6.45, 7) is 0.502. The van der Waals surface area contributed by atoms with E-state index >= 15 is 0 Å². The highest BCUT2D eigenvalue weighted by molar-refractivity contribution is 6.35. The molecule has 2 aliphatic rings. The molecule has 1 aromatic rings. The monoisotopic (exact) mass is 388 g/mol. The van der Waals surface area contributed by atoms with Crippen molar-refractivity contribution in [2.75, 3.05) is 6.79 Å². The molecule has 1 heterocycles. The van der Waals surface area contributed by atoms with Crippen LogP contribution in [0.5, 0.6) is 11.5 Å². The topological polar surface area (TPSA) is 76.7 Å². The maximum Gasteiger partial charge on any atom is 0.309 e. The standard InChI is InChI=1S/C22H32N2O4/c25-21(23-15-17-12-13-19-20(14-17)28-16-27-19)22(26)24-18-10-8-6-4-2-1-3-5-7-9-11-18/h12-14,18H,1-11,15-16H2,(H,23,25)(H,24,26). The summed E-state index contributed by atoms with van der Waals surface area (Å²) < 4.78 is 10.6. The van der Waals surface area contributed by atoms with Crippen LogP contribution in [0.15, 0.2) is 18.2 Å². The second-order valence-corrected chi connectivity index (χ2v) is 7.80. The van der Waals surface area contributed by atoms with Crippen LogP contribution < -0.4 is 20.1 Å². The van der Waals surface area contributed by atoms with Crippen LogP contribution in [0.2, 0.25) is 0 Å². The van der Waals surface area contributed by atoms with Crippen LogP contribution in [0.25, 0.3) is 0 Å². The van der Waals surface area contributed by atoms with Gasteiger partial charge in [-0.25, -0.2) is 0 Å². The molecule has 154 valence electrons. The van der Waals surface area contributed by atoms with Gasteiger partial charge in [0.15, 0.2) is 11.5 Å². The van der Waals surface area contributed by atoms with Gasteiger partial charge >= 0.3 is 11.8 Å². The van der Waals surface area contributed by atoms with Crippen LogP contribution >= 0.6 is 0 Å². The fourth-order valence-electron chi connectivity index (χ4n) is 3.87. The van der Waals surface area contributed by atoms with Crippen LogP contribution in [-0.2, 0) is 16.1 Å². The number of nitrogens with one attached hydrogen (secondary N) is 2. The van der Waals surface area contributed by atoms with Crippen molar-refractivity contribution in [1.29, 1.82) is 0 Å². The second-order valence-electron chi connectivity index (χ2n) is 7.80. The van der Waals surface area contributed by atoms with E-state index in [4.69, 9.17) is 9.47 Å². The van der Waals surface area contributed by atoms with Crippen LogP contribution in [0.4, 0.5) is 0 Å². The molecule has 0 spiro atoms. The molecule has 0 unspecified atom stereocenters. The number of carbonyl (C=O) groups is 2. The molecular formula is C22H32N2O4. The Bertz CT molecular complexity index is 650. The lowest BCUT2D eigenvalue weighted by molar-refractivity contribution is -0.139. The minimum atomic E-state index is -0.580. The zero-order chi connectivity index (χ0) is 19.6. The Hall–Kier alpha value is -2.24. The first kappa shape index (κ1) is 20.5. The third-order valence-electron chi connectivity index (χ3n) is 5.54. The number of fused-ring (bicyclic) bond motifs is 1. The van der Waals surface area contributed by atoms with Gasteiger partial charge in [0.05, 0.1) is 0 Å². The Morgan fingerprint density at radius 3 is 2.11 bits per heavy atom. The van der Waals surface area contributed by atoms with Crippen LogP contribution in [-0.4, -0.2) is 24.6 Å². The van der Waals surface area contributed by atoms with Crippen molar-refractivity contribution in [1.82, 2.24) is 10.6 Å². The summed E-state index contributed by atoms with van der Waals surface area (Å²) >= 11 is 0. The first-order valence-electron chi connectivity index (χ1n) is 10.7. The van der Waals surface area contributed by atoms with Crippen molar-refractivity contribution in [2.45, 2.75) is 83.2 Å². The van der Waals surface area contributed by atoms with E-state index in [-0.39, 0.29) is 19.4 Å². The quantitative estimate of drug-likeness (QED) is 0.772. The highest BCUT2D eigenvalue weighted by Crippen LogP contribution is 2.32. The average molecular weight is 389 g/mol. The minimum absolute atomic E-state index is 0.100. The molecule has 1 aliphatic heterocycles. The largest absolute Gasteiger partial charge is 0.454 e. The lowest BCUT2D eigenvalue weighted by Gasteiger charge is -2.19. The Kier molecular flexibility index (Phi) is 8.00. The van der Waals surface area contributed by atoms with Gasteiger partial charge in [-0.05, 0) is 30.5 Å². The van der Waals surface area contributed by atoms with E-state index in [1.807, 2.05) is 18.2 Å². The first-order valence-corrected chi connectivity index (χ1v) is 10.7. The van der Waals surface area contributed by atoms with Crippen molar-refractivity contribution in [3.63, 3.8) is 0 Å². The first-order chi connectivity index (χ1) is 13.7. The molecule has 1 aromatic carbocycles. The van der Waals surface area contributed by atoms with Crippen LogP contribution in [0.1, 0.15) is 76.2 Å². The molecule has 3 rings (SSSR count). The van der Waals surface area contributed by atoms with Gasteiger partial charge in [0.25, 0.3) is 0 Å². The van der Waals surface area contributed by atoms with E-state index in [9.17, 15) is 9.59 Å². The second kappa shape index (κ2) is 10.9. The molecule has 1 aliphatic carbocycles. The maximum atomic E-state index is 12.3. The SMILES string of the molecule is O=C(NCc1ccc2c(c1)OCO2)C(=O)NC1CCCCCCCCCCC1. The van der Waals surface area contributed by atoms with Crippen LogP contribution in [0.3, 0.4) is 0 Å². The summed E-state index contributed by atoms with van der Waals surface area (Å²) in [5, 5.41) is 5.65. The third-order valence-corrected chi connectivity index (χ3v) is 5.54. The summed E-state index contributed by atoms with van der Waals surface area (Å²) in [7, 11) is 0. The Balaban J connectivity index is 1.44. The Labute approximate surface area is 167 Å². The summed E-state index contributed by atoms with van der Waals surface area (Å²) in [5.74, 6) is 0.265. The third kappa shape index (κ3) is 6.43. The van der Waals surface area contributed by atoms with Gasteiger partial charge in [0.2, 0.25) is 6.79 Å². The predicted octanol–water partition coefficient (Wildman–Crippen LogP) is 3.82. The summed E-state index contributed by atoms with van der Waals surface area (Å²) in [4.78, 5) is 24.5. The number of carbonyl (C=O) groups excluding carboxylic acids is 2. The molecule has 6 nitrogen and oxygen atoms in total. The Morgan fingerprint density at radius 2 is 1.43 bits per heavy atom. The van der Waals surface area contributed by atoms with Gasteiger partial charge in [-0.1, -0.05) is 63.9 Å². The van der Waals surface area contributed by atoms with Gasteiger partial charge in [-0.3, -0.25) is 9.59 Å².